The van der Waals surface area contributed by atoms with Crippen molar-refractivity contribution in [3.63, 3.8) is 0 Å². The number of hydrogen-bond acceptors (Lipinski definition) is 9. The topological polar surface area (TPSA) is 111 Å². The number of alkyl halides is 2. The van der Waals surface area contributed by atoms with Crippen molar-refractivity contribution in [2.24, 2.45) is 5.92 Å². The van der Waals surface area contributed by atoms with Crippen LogP contribution in [0.2, 0.25) is 0 Å². The molecule has 2 bridgehead atoms. The van der Waals surface area contributed by atoms with Crippen LogP contribution in [0.1, 0.15) is 29.6 Å². The van der Waals surface area contributed by atoms with Gasteiger partial charge in [-0.1, -0.05) is 11.3 Å². The Hall–Kier alpha value is -3.71. The molecule has 1 aromatic heterocycles. The van der Waals surface area contributed by atoms with Gasteiger partial charge in [0.15, 0.2) is 16.6 Å². The lowest BCUT2D eigenvalue weighted by atomic mass is 9.78. The Balaban J connectivity index is 1.07. The normalized spacial score (nSPS) is 26.0. The van der Waals surface area contributed by atoms with Crippen LogP contribution in [-0.2, 0) is 9.53 Å². The van der Waals surface area contributed by atoms with Gasteiger partial charge in [-0.3, -0.25) is 9.59 Å². The van der Waals surface area contributed by atoms with E-state index in [0.29, 0.717) is 60.7 Å². The highest BCUT2D eigenvalue weighted by molar-refractivity contribution is 7.22. The van der Waals surface area contributed by atoms with Crippen LogP contribution in [0.3, 0.4) is 0 Å². The molecule has 2 N–H and O–H groups in total. The largest absolute Gasteiger partial charge is 0.586 e. The first kappa shape index (κ1) is 24.3. The van der Waals surface area contributed by atoms with Gasteiger partial charge in [0.05, 0.1) is 48.5 Å². The fraction of sp³-hybridized carbons (Fsp3) is 0.423. The van der Waals surface area contributed by atoms with Crippen LogP contribution >= 0.6 is 11.3 Å². The highest BCUT2D eigenvalue weighted by atomic mass is 32.1. The second-order valence-electron chi connectivity index (χ2n) is 10.1. The van der Waals surface area contributed by atoms with Crippen LogP contribution in [0, 0.1) is 5.92 Å². The van der Waals surface area contributed by atoms with Crippen molar-refractivity contribution in [2.45, 2.75) is 43.7 Å². The predicted molar refractivity (Wildman–Crippen MR) is 137 cm³/mol. The maximum atomic E-state index is 13.5. The fourth-order valence-corrected chi connectivity index (χ4v) is 6.84. The van der Waals surface area contributed by atoms with E-state index in [-0.39, 0.29) is 23.3 Å². The van der Waals surface area contributed by atoms with E-state index in [1.807, 2.05) is 6.07 Å². The highest BCUT2D eigenvalue weighted by Crippen LogP contribution is 2.44. The Morgan fingerprint density at radius 1 is 1.13 bits per heavy atom. The van der Waals surface area contributed by atoms with E-state index < -0.39 is 18.3 Å². The number of fused-ring (bicyclic) bond motifs is 4. The summed E-state index contributed by atoms with van der Waals surface area (Å²) in [5.41, 5.74) is 1.40. The third-order valence-corrected chi connectivity index (χ3v) is 8.83. The number of ether oxygens (including phenoxy) is 4. The number of carbonyl (C=O) groups excluding carboxylic acids is 2. The van der Waals surface area contributed by atoms with Crippen LogP contribution in [0.5, 0.6) is 17.2 Å². The standard InChI is InChI=1S/C26H24F2N4O6S/c1-35-19-7-5-17-22(39-25(31-17)32-13-9-14(32)11-36-10-13)21(19)24(34)30-16-4-3-15(16)23(33)29-12-2-6-18-20(8-12)38-26(27,28)37-18/h2,5-8,13-16H,3-4,9-11H2,1H3,(H,29,33)(H,30,34)/t13?,14?,15-,16+/m0/s1. The van der Waals surface area contributed by atoms with Crippen molar-refractivity contribution in [3.05, 3.63) is 35.9 Å². The number of methoxy groups -OCH3 is 1. The summed E-state index contributed by atoms with van der Waals surface area (Å²) in [7, 11) is 1.51. The van der Waals surface area contributed by atoms with Crippen LogP contribution in [0.15, 0.2) is 30.3 Å². The number of anilines is 2. The lowest BCUT2D eigenvalue weighted by Crippen LogP contribution is -2.64. The van der Waals surface area contributed by atoms with E-state index in [1.165, 1.54) is 36.6 Å². The molecule has 4 atom stereocenters. The van der Waals surface area contributed by atoms with E-state index in [4.69, 9.17) is 14.5 Å². The number of thiazole rings is 1. The number of nitrogens with zero attached hydrogens (tertiary/aromatic N) is 2. The third-order valence-electron chi connectivity index (χ3n) is 7.72. The van der Waals surface area contributed by atoms with E-state index >= 15 is 0 Å². The SMILES string of the molecule is COc1ccc2nc(N3C4COCC3C4)sc2c1C(=O)N[C@@H]1CC[C@@H]1C(=O)Nc1ccc2c(c1)OC(F)(F)O2. The quantitative estimate of drug-likeness (QED) is 0.471. The molecule has 2 aromatic carbocycles. The molecule has 3 fully saturated rings. The molecule has 2 saturated heterocycles. The molecular formula is C26H24F2N4O6S. The lowest BCUT2D eigenvalue weighted by Gasteiger charge is -2.52. The van der Waals surface area contributed by atoms with Crippen molar-refractivity contribution < 1.29 is 37.3 Å². The summed E-state index contributed by atoms with van der Waals surface area (Å²) < 4.78 is 47.3. The average molecular weight is 559 g/mol. The van der Waals surface area contributed by atoms with Crippen LogP contribution in [-0.4, -0.2) is 61.5 Å². The molecule has 1 aliphatic carbocycles. The number of aromatic nitrogens is 1. The minimum atomic E-state index is -3.74. The van der Waals surface area contributed by atoms with Gasteiger partial charge in [-0.25, -0.2) is 4.98 Å². The molecule has 39 heavy (non-hydrogen) atoms. The number of halogens is 2. The van der Waals surface area contributed by atoms with Gasteiger partial charge in [-0.05, 0) is 43.5 Å². The summed E-state index contributed by atoms with van der Waals surface area (Å²) >= 11 is 1.46. The summed E-state index contributed by atoms with van der Waals surface area (Å²) in [5, 5.41) is 6.58. The molecule has 1 saturated carbocycles. The first-order valence-corrected chi connectivity index (χ1v) is 13.5. The molecule has 10 nitrogen and oxygen atoms in total. The zero-order valence-electron chi connectivity index (χ0n) is 20.7. The van der Waals surface area contributed by atoms with E-state index in [2.05, 4.69) is 25.0 Å². The van der Waals surface area contributed by atoms with Gasteiger partial charge in [-0.2, -0.15) is 0 Å². The summed E-state index contributed by atoms with van der Waals surface area (Å²) in [5.74, 6) is -0.980. The first-order chi connectivity index (χ1) is 18.8. The second kappa shape index (κ2) is 8.91. The van der Waals surface area contributed by atoms with Gasteiger partial charge in [0.1, 0.15) is 11.3 Å². The fourth-order valence-electron chi connectivity index (χ4n) is 5.60. The van der Waals surface area contributed by atoms with Crippen LogP contribution in [0.4, 0.5) is 19.6 Å². The number of nitrogens with one attached hydrogen (secondary N) is 2. The Morgan fingerprint density at radius 2 is 1.92 bits per heavy atom. The maximum absolute atomic E-state index is 13.5. The Bertz CT molecular complexity index is 1480. The second-order valence-corrected chi connectivity index (χ2v) is 11.0. The summed E-state index contributed by atoms with van der Waals surface area (Å²) in [6, 6.07) is 7.84. The molecule has 4 aliphatic rings. The number of benzene rings is 2. The van der Waals surface area contributed by atoms with Crippen LogP contribution < -0.4 is 29.7 Å². The third kappa shape index (κ3) is 4.11. The molecule has 2 unspecified atom stereocenters. The molecular weight excluding hydrogens is 534 g/mol. The monoisotopic (exact) mass is 558 g/mol. The van der Waals surface area contributed by atoms with Gasteiger partial charge in [0, 0.05) is 17.8 Å². The predicted octanol–water partition coefficient (Wildman–Crippen LogP) is 3.75. The number of carbonyl (C=O) groups is 2. The lowest BCUT2D eigenvalue weighted by molar-refractivity contribution is -0.286. The van der Waals surface area contributed by atoms with Gasteiger partial charge >= 0.3 is 6.29 Å². The van der Waals surface area contributed by atoms with Gasteiger partial charge < -0.3 is 34.5 Å². The van der Waals surface area contributed by atoms with Gasteiger partial charge in [0.25, 0.3) is 5.91 Å². The molecule has 13 heteroatoms. The minimum absolute atomic E-state index is 0.105. The molecule has 3 aromatic rings. The van der Waals surface area contributed by atoms with E-state index in [0.717, 1.165) is 16.3 Å². The van der Waals surface area contributed by atoms with Crippen LogP contribution in [0.25, 0.3) is 10.2 Å². The van der Waals surface area contributed by atoms with Gasteiger partial charge in [0.2, 0.25) is 5.91 Å². The smallest absolute Gasteiger partial charge is 0.496 e. The molecule has 0 radical (unpaired) electrons. The van der Waals surface area contributed by atoms with E-state index in [1.54, 1.807) is 6.07 Å². The number of morpholine rings is 1. The zero-order valence-corrected chi connectivity index (χ0v) is 21.6. The summed E-state index contributed by atoms with van der Waals surface area (Å²) in [6.07, 6.45) is -1.46. The van der Waals surface area contributed by atoms with Crippen molar-refractivity contribution in [1.82, 2.24) is 10.3 Å². The van der Waals surface area contributed by atoms with Crippen molar-refractivity contribution in [2.75, 3.05) is 30.5 Å². The van der Waals surface area contributed by atoms with Crippen molar-refractivity contribution in [1.29, 1.82) is 0 Å². The van der Waals surface area contributed by atoms with Crippen molar-refractivity contribution in [3.8, 4) is 17.2 Å². The summed E-state index contributed by atoms with van der Waals surface area (Å²) in [6.45, 7) is 1.35. The molecule has 2 amide bonds. The maximum Gasteiger partial charge on any atom is 0.586 e. The Labute approximate surface area is 225 Å². The molecule has 4 heterocycles. The minimum Gasteiger partial charge on any atom is -0.496 e. The number of hydrogen-bond donors (Lipinski definition) is 2. The Morgan fingerprint density at radius 3 is 2.64 bits per heavy atom. The molecule has 7 rings (SSSR count). The molecule has 3 aliphatic heterocycles. The first-order valence-electron chi connectivity index (χ1n) is 12.6. The molecule has 204 valence electrons. The number of amides is 2. The number of rotatable bonds is 6. The Kier molecular flexibility index (Phi) is 5.56. The van der Waals surface area contributed by atoms with E-state index in [9.17, 15) is 18.4 Å². The van der Waals surface area contributed by atoms with Gasteiger partial charge in [-0.15, -0.1) is 8.78 Å². The molecule has 0 spiro atoms. The zero-order chi connectivity index (χ0) is 26.9. The van der Waals surface area contributed by atoms with Crippen molar-refractivity contribution >= 4 is 44.2 Å². The summed E-state index contributed by atoms with van der Waals surface area (Å²) in [4.78, 5) is 33.6. The average Bonchev–Trinajstić information content (AvgIpc) is 3.44. The highest BCUT2D eigenvalue weighted by Gasteiger charge is 2.45.